The quantitative estimate of drug-likeness (QED) is 0.867. The second-order valence-corrected chi connectivity index (χ2v) is 4.39. The highest BCUT2D eigenvalue weighted by Gasteiger charge is 2.11. The number of hydrogen-bond acceptors (Lipinski definition) is 4. The second-order valence-electron chi connectivity index (χ2n) is 4.39. The van der Waals surface area contributed by atoms with E-state index in [1.807, 2.05) is 37.3 Å². The molecule has 1 unspecified atom stereocenters. The molecule has 1 aromatic carbocycles. The molecule has 0 saturated heterocycles. The van der Waals surface area contributed by atoms with Gasteiger partial charge < -0.3 is 11.1 Å². The van der Waals surface area contributed by atoms with Crippen molar-refractivity contribution in [2.75, 3.05) is 5.73 Å². The molecular formula is C14H16N4O. The fourth-order valence-corrected chi connectivity index (χ4v) is 1.77. The summed E-state index contributed by atoms with van der Waals surface area (Å²) in [7, 11) is 0. The molecule has 5 heteroatoms. The van der Waals surface area contributed by atoms with E-state index in [0.29, 0.717) is 5.82 Å². The summed E-state index contributed by atoms with van der Waals surface area (Å²) in [4.78, 5) is 19.7. The van der Waals surface area contributed by atoms with Gasteiger partial charge in [0.05, 0.1) is 12.4 Å². The number of nitrogens with one attached hydrogen (secondary N) is 1. The molecule has 1 atom stereocenters. The number of carbonyl (C=O) groups excluding carboxylic acids is 1. The summed E-state index contributed by atoms with van der Waals surface area (Å²) in [5.74, 6) is 0.0600. The van der Waals surface area contributed by atoms with Crippen LogP contribution in [-0.2, 0) is 6.42 Å². The Morgan fingerprint density at radius 2 is 2.00 bits per heavy atom. The van der Waals surface area contributed by atoms with Gasteiger partial charge in [0, 0.05) is 6.04 Å². The minimum absolute atomic E-state index is 0.0225. The standard InChI is InChI=1S/C14H16N4O/c1-10(7-11-5-3-2-4-6-11)18-14(19)12-8-17-13(15)9-16-12/h2-6,8-10H,7H2,1H3,(H2,15,17)(H,18,19). The number of amides is 1. The molecule has 0 spiro atoms. The molecule has 1 heterocycles. The van der Waals surface area contributed by atoms with E-state index in [0.717, 1.165) is 6.42 Å². The lowest BCUT2D eigenvalue weighted by atomic mass is 10.1. The molecule has 1 aromatic heterocycles. The van der Waals surface area contributed by atoms with Gasteiger partial charge in [-0.25, -0.2) is 9.97 Å². The van der Waals surface area contributed by atoms with E-state index in [-0.39, 0.29) is 17.6 Å². The molecule has 19 heavy (non-hydrogen) atoms. The first-order chi connectivity index (χ1) is 9.15. The van der Waals surface area contributed by atoms with Gasteiger partial charge in [0.2, 0.25) is 0 Å². The third-order valence-corrected chi connectivity index (χ3v) is 2.67. The van der Waals surface area contributed by atoms with E-state index in [1.165, 1.54) is 18.0 Å². The van der Waals surface area contributed by atoms with E-state index < -0.39 is 0 Å². The van der Waals surface area contributed by atoms with E-state index in [2.05, 4.69) is 15.3 Å². The Hall–Kier alpha value is -2.43. The number of hydrogen-bond donors (Lipinski definition) is 2. The zero-order chi connectivity index (χ0) is 13.7. The predicted molar refractivity (Wildman–Crippen MR) is 73.5 cm³/mol. The normalized spacial score (nSPS) is 11.8. The molecule has 5 nitrogen and oxygen atoms in total. The molecular weight excluding hydrogens is 240 g/mol. The second kappa shape index (κ2) is 5.95. The number of anilines is 1. The summed E-state index contributed by atoms with van der Waals surface area (Å²) < 4.78 is 0. The van der Waals surface area contributed by atoms with Crippen LogP contribution in [0.2, 0.25) is 0 Å². The van der Waals surface area contributed by atoms with E-state index in [1.54, 1.807) is 0 Å². The summed E-state index contributed by atoms with van der Waals surface area (Å²) in [5.41, 5.74) is 6.88. The Kier molecular flexibility index (Phi) is 4.07. The van der Waals surface area contributed by atoms with Crippen LogP contribution in [0, 0.1) is 0 Å². The molecule has 0 saturated carbocycles. The number of nitrogen functional groups attached to an aromatic ring is 1. The van der Waals surface area contributed by atoms with Gasteiger partial charge in [0.15, 0.2) is 0 Å². The summed E-state index contributed by atoms with van der Waals surface area (Å²) >= 11 is 0. The van der Waals surface area contributed by atoms with Crippen LogP contribution in [0.5, 0.6) is 0 Å². The first kappa shape index (κ1) is 13.0. The van der Waals surface area contributed by atoms with E-state index >= 15 is 0 Å². The van der Waals surface area contributed by atoms with Crippen molar-refractivity contribution in [2.24, 2.45) is 0 Å². The van der Waals surface area contributed by atoms with Crippen molar-refractivity contribution in [3.63, 3.8) is 0 Å². The van der Waals surface area contributed by atoms with Gasteiger partial charge in [-0.2, -0.15) is 0 Å². The molecule has 0 aliphatic heterocycles. The van der Waals surface area contributed by atoms with Crippen molar-refractivity contribution in [1.29, 1.82) is 0 Å². The van der Waals surface area contributed by atoms with Crippen molar-refractivity contribution in [1.82, 2.24) is 15.3 Å². The summed E-state index contributed by atoms with van der Waals surface area (Å²) in [5, 5.41) is 2.88. The molecule has 98 valence electrons. The molecule has 0 radical (unpaired) electrons. The number of nitrogens with two attached hydrogens (primary N) is 1. The van der Waals surface area contributed by atoms with Crippen LogP contribution in [0.25, 0.3) is 0 Å². The zero-order valence-corrected chi connectivity index (χ0v) is 10.7. The molecule has 0 aliphatic carbocycles. The molecule has 2 rings (SSSR count). The Morgan fingerprint density at radius 3 is 2.63 bits per heavy atom. The van der Waals surface area contributed by atoms with Crippen LogP contribution in [0.15, 0.2) is 42.7 Å². The Labute approximate surface area is 111 Å². The van der Waals surface area contributed by atoms with Gasteiger partial charge in [-0.15, -0.1) is 0 Å². The van der Waals surface area contributed by atoms with Gasteiger partial charge >= 0.3 is 0 Å². The molecule has 2 aromatic rings. The Balaban J connectivity index is 1.93. The van der Waals surface area contributed by atoms with Crippen molar-refractivity contribution < 1.29 is 4.79 Å². The van der Waals surface area contributed by atoms with Crippen LogP contribution in [0.1, 0.15) is 23.0 Å². The maximum Gasteiger partial charge on any atom is 0.271 e. The molecule has 1 amide bonds. The average molecular weight is 256 g/mol. The Morgan fingerprint density at radius 1 is 1.26 bits per heavy atom. The summed E-state index contributed by atoms with van der Waals surface area (Å²) in [6.07, 6.45) is 3.52. The summed E-state index contributed by atoms with van der Waals surface area (Å²) in [6.45, 7) is 1.95. The van der Waals surface area contributed by atoms with Crippen LogP contribution < -0.4 is 11.1 Å². The van der Waals surface area contributed by atoms with Crippen LogP contribution in [0.4, 0.5) is 5.82 Å². The van der Waals surface area contributed by atoms with Crippen molar-refractivity contribution in [2.45, 2.75) is 19.4 Å². The van der Waals surface area contributed by atoms with Crippen molar-refractivity contribution in [3.05, 3.63) is 54.0 Å². The van der Waals surface area contributed by atoms with Gasteiger partial charge in [0.1, 0.15) is 11.5 Å². The monoisotopic (exact) mass is 256 g/mol. The fraction of sp³-hybridized carbons (Fsp3) is 0.214. The van der Waals surface area contributed by atoms with Crippen molar-refractivity contribution >= 4 is 11.7 Å². The Bertz CT molecular complexity index is 539. The molecule has 0 bridgehead atoms. The first-order valence-electron chi connectivity index (χ1n) is 6.07. The van der Waals surface area contributed by atoms with Crippen LogP contribution in [0.3, 0.4) is 0 Å². The molecule has 3 N–H and O–H groups in total. The van der Waals surface area contributed by atoms with E-state index in [9.17, 15) is 4.79 Å². The lowest BCUT2D eigenvalue weighted by molar-refractivity contribution is 0.0934. The SMILES string of the molecule is CC(Cc1ccccc1)NC(=O)c1cnc(N)cn1. The predicted octanol–water partition coefficient (Wildman–Crippen LogP) is 1.42. The minimum atomic E-state index is -0.240. The number of benzene rings is 1. The minimum Gasteiger partial charge on any atom is -0.382 e. The van der Waals surface area contributed by atoms with Crippen LogP contribution in [-0.4, -0.2) is 21.9 Å². The lowest BCUT2D eigenvalue weighted by Crippen LogP contribution is -2.34. The number of nitrogens with zero attached hydrogens (tertiary/aromatic N) is 2. The maximum absolute atomic E-state index is 11.9. The highest BCUT2D eigenvalue weighted by Crippen LogP contribution is 2.04. The van der Waals surface area contributed by atoms with E-state index in [4.69, 9.17) is 5.73 Å². The summed E-state index contributed by atoms with van der Waals surface area (Å²) in [6, 6.07) is 10.0. The lowest BCUT2D eigenvalue weighted by Gasteiger charge is -2.13. The highest BCUT2D eigenvalue weighted by molar-refractivity contribution is 5.92. The molecule has 0 aliphatic rings. The van der Waals surface area contributed by atoms with Gasteiger partial charge in [-0.05, 0) is 18.9 Å². The molecule has 0 fully saturated rings. The maximum atomic E-state index is 11.9. The fourth-order valence-electron chi connectivity index (χ4n) is 1.77. The zero-order valence-electron chi connectivity index (χ0n) is 10.7. The third-order valence-electron chi connectivity index (χ3n) is 2.67. The average Bonchev–Trinajstić information content (AvgIpc) is 2.40. The number of rotatable bonds is 4. The van der Waals surface area contributed by atoms with Gasteiger partial charge in [-0.1, -0.05) is 30.3 Å². The van der Waals surface area contributed by atoms with Crippen molar-refractivity contribution in [3.8, 4) is 0 Å². The topological polar surface area (TPSA) is 80.9 Å². The van der Waals surface area contributed by atoms with Gasteiger partial charge in [-0.3, -0.25) is 4.79 Å². The highest BCUT2D eigenvalue weighted by atomic mass is 16.1. The van der Waals surface area contributed by atoms with Gasteiger partial charge in [0.25, 0.3) is 5.91 Å². The number of carbonyl (C=O) groups is 1. The largest absolute Gasteiger partial charge is 0.382 e. The number of aromatic nitrogens is 2. The third kappa shape index (κ3) is 3.77. The van der Waals surface area contributed by atoms with Crippen LogP contribution >= 0.6 is 0 Å². The first-order valence-corrected chi connectivity index (χ1v) is 6.07. The smallest absolute Gasteiger partial charge is 0.271 e.